The highest BCUT2D eigenvalue weighted by atomic mass is 32.2. The molecule has 0 amide bonds. The predicted molar refractivity (Wildman–Crippen MR) is 160 cm³/mol. The summed E-state index contributed by atoms with van der Waals surface area (Å²) in [6, 6.07) is 23.1. The summed E-state index contributed by atoms with van der Waals surface area (Å²) in [5.41, 5.74) is 6.75. The van der Waals surface area contributed by atoms with Crippen molar-refractivity contribution in [2.24, 2.45) is 0 Å². The topological polar surface area (TPSA) is 51.1 Å². The molecule has 4 aromatic rings. The van der Waals surface area contributed by atoms with E-state index in [1.165, 1.54) is 27.6 Å². The zero-order valence-corrected chi connectivity index (χ0v) is 24.5. The van der Waals surface area contributed by atoms with Gasteiger partial charge in [-0.3, -0.25) is 0 Å². The third kappa shape index (κ3) is 6.22. The van der Waals surface area contributed by atoms with Crippen LogP contribution in [0.5, 0.6) is 0 Å². The van der Waals surface area contributed by atoms with E-state index in [0.29, 0.717) is 17.4 Å². The van der Waals surface area contributed by atoms with Crippen molar-refractivity contribution >= 4 is 20.9 Å². The number of nitrogens with one attached hydrogen (secondary N) is 1. The Morgan fingerprint density at radius 1 is 0.789 bits per heavy atom. The number of hydrogen-bond acceptors (Lipinski definition) is 2. The number of para-hydroxylation sites is 1. The molecule has 1 heterocycles. The molecule has 0 saturated carbocycles. The monoisotopic (exact) mass is 530 g/mol. The van der Waals surface area contributed by atoms with Crippen LogP contribution in [-0.4, -0.2) is 19.5 Å². The lowest BCUT2D eigenvalue weighted by atomic mass is 9.89. The summed E-state index contributed by atoms with van der Waals surface area (Å²) in [6.07, 6.45) is 3.77. The summed E-state index contributed by atoms with van der Waals surface area (Å²) < 4.78 is 32.6. The van der Waals surface area contributed by atoms with Crippen molar-refractivity contribution in [1.29, 1.82) is 0 Å². The fraction of sp³-hybridized carbons (Fsp3) is 0.394. The van der Waals surface area contributed by atoms with Crippen LogP contribution in [0.25, 0.3) is 10.9 Å². The van der Waals surface area contributed by atoms with E-state index in [9.17, 15) is 8.42 Å². The summed E-state index contributed by atoms with van der Waals surface area (Å²) in [4.78, 5) is 0.478. The molecule has 0 aliphatic rings. The van der Waals surface area contributed by atoms with Crippen molar-refractivity contribution in [3.8, 4) is 0 Å². The maximum atomic E-state index is 13.7. The molecule has 0 atom stereocenters. The Hall–Kier alpha value is -2.89. The summed E-state index contributed by atoms with van der Waals surface area (Å²) in [7, 11) is -3.64. The zero-order valence-electron chi connectivity index (χ0n) is 23.7. The van der Waals surface area contributed by atoms with Crippen LogP contribution < -0.4 is 4.72 Å². The average molecular weight is 531 g/mol. The molecular weight excluding hydrogens is 488 g/mol. The van der Waals surface area contributed by atoms with Crippen LogP contribution in [0.4, 0.5) is 0 Å². The van der Waals surface area contributed by atoms with Crippen LogP contribution in [0.1, 0.15) is 93.5 Å². The first-order valence-electron chi connectivity index (χ1n) is 13.9. The number of aromatic nitrogens is 1. The third-order valence-electron chi connectivity index (χ3n) is 7.33. The molecule has 0 spiro atoms. The second kappa shape index (κ2) is 11.9. The van der Waals surface area contributed by atoms with Crippen LogP contribution in [-0.2, 0) is 23.0 Å². The lowest BCUT2D eigenvalue weighted by molar-refractivity contribution is 0.573. The molecule has 0 aliphatic heterocycles. The third-order valence-corrected chi connectivity index (χ3v) is 8.92. The molecule has 38 heavy (non-hydrogen) atoms. The molecule has 3 aromatic carbocycles. The van der Waals surface area contributed by atoms with Gasteiger partial charge in [0.1, 0.15) is 0 Å². The van der Waals surface area contributed by atoms with E-state index in [1.54, 1.807) is 0 Å². The van der Waals surface area contributed by atoms with Crippen LogP contribution in [0.3, 0.4) is 0 Å². The van der Waals surface area contributed by atoms with Gasteiger partial charge in [0.15, 0.2) is 0 Å². The smallest absolute Gasteiger partial charge is 0.241 e. The first kappa shape index (κ1) is 28.1. The summed E-state index contributed by atoms with van der Waals surface area (Å²) in [5.74, 6) is 0.584. The Morgan fingerprint density at radius 3 is 2.00 bits per heavy atom. The highest BCUT2D eigenvalue weighted by Crippen LogP contribution is 2.35. The van der Waals surface area contributed by atoms with Gasteiger partial charge in [-0.15, -0.1) is 0 Å². The molecule has 0 fully saturated rings. The largest absolute Gasteiger partial charge is 0.343 e. The molecule has 1 N–H and O–H groups in total. The van der Waals surface area contributed by atoms with E-state index in [-0.39, 0.29) is 11.8 Å². The van der Waals surface area contributed by atoms with Gasteiger partial charge >= 0.3 is 0 Å². The van der Waals surface area contributed by atoms with Crippen LogP contribution in [0.2, 0.25) is 0 Å². The SMILES string of the molecule is CC(C)c1cc(C(C)C)c(S(=O)(=O)NCCCc2cn(Cc3ccccc3)c3ccccc23)c(C(C)C)c1. The Kier molecular flexibility index (Phi) is 8.79. The van der Waals surface area contributed by atoms with Gasteiger partial charge < -0.3 is 4.57 Å². The molecular formula is C33H42N2O2S. The number of benzene rings is 3. The van der Waals surface area contributed by atoms with E-state index in [2.05, 4.69) is 118 Å². The van der Waals surface area contributed by atoms with Crippen molar-refractivity contribution in [1.82, 2.24) is 9.29 Å². The molecule has 5 heteroatoms. The van der Waals surface area contributed by atoms with Gasteiger partial charge in [-0.1, -0.05) is 102 Å². The van der Waals surface area contributed by atoms with E-state index < -0.39 is 10.0 Å². The highest BCUT2D eigenvalue weighted by Gasteiger charge is 2.26. The maximum absolute atomic E-state index is 13.7. The lowest BCUT2D eigenvalue weighted by Crippen LogP contribution is -2.28. The number of fused-ring (bicyclic) bond motifs is 1. The van der Waals surface area contributed by atoms with Crippen molar-refractivity contribution in [3.63, 3.8) is 0 Å². The zero-order chi connectivity index (χ0) is 27.4. The fourth-order valence-corrected chi connectivity index (χ4v) is 6.96. The quantitative estimate of drug-likeness (QED) is 0.200. The standard InChI is InChI=1S/C33H42N2O2S/c1-23(2)28-19-30(24(3)4)33(31(20-28)25(5)6)38(36,37)34-18-12-15-27-22-35(21-26-13-8-7-9-14-26)32-17-11-10-16-29(27)32/h7-11,13-14,16-17,19-20,22-25,34H,12,15,18,21H2,1-6H3. The number of hydrogen-bond donors (Lipinski definition) is 1. The van der Waals surface area contributed by atoms with Gasteiger partial charge in [-0.25, -0.2) is 13.1 Å². The average Bonchev–Trinajstić information content (AvgIpc) is 3.23. The molecule has 0 bridgehead atoms. The number of nitrogens with zero attached hydrogens (tertiary/aromatic N) is 1. The van der Waals surface area contributed by atoms with Gasteiger partial charge in [-0.2, -0.15) is 0 Å². The minimum Gasteiger partial charge on any atom is -0.343 e. The van der Waals surface area contributed by atoms with Crippen LogP contribution >= 0.6 is 0 Å². The Balaban J connectivity index is 1.53. The molecule has 0 saturated heterocycles. The summed E-state index contributed by atoms with van der Waals surface area (Å²) in [6.45, 7) is 13.8. The van der Waals surface area contributed by atoms with Gasteiger partial charge in [0, 0.05) is 30.2 Å². The Bertz CT molecular complexity index is 1450. The predicted octanol–water partition coefficient (Wildman–Crippen LogP) is 7.97. The second-order valence-electron chi connectivity index (χ2n) is 11.3. The van der Waals surface area contributed by atoms with Crippen LogP contribution in [0, 0.1) is 0 Å². The van der Waals surface area contributed by atoms with Gasteiger partial charge in [-0.05, 0) is 64.5 Å². The molecule has 0 radical (unpaired) electrons. The highest BCUT2D eigenvalue weighted by molar-refractivity contribution is 7.89. The molecule has 0 unspecified atom stereocenters. The van der Waals surface area contributed by atoms with Crippen molar-refractivity contribution in [3.05, 3.63) is 101 Å². The van der Waals surface area contributed by atoms with Crippen LogP contribution in [0.15, 0.2) is 77.8 Å². The van der Waals surface area contributed by atoms with Gasteiger partial charge in [0.2, 0.25) is 10.0 Å². The molecule has 4 nitrogen and oxygen atoms in total. The van der Waals surface area contributed by atoms with E-state index in [1.807, 2.05) is 6.07 Å². The Morgan fingerprint density at radius 2 is 1.39 bits per heavy atom. The second-order valence-corrected chi connectivity index (χ2v) is 13.0. The van der Waals surface area contributed by atoms with Crippen molar-refractivity contribution < 1.29 is 8.42 Å². The van der Waals surface area contributed by atoms with E-state index in [0.717, 1.165) is 30.5 Å². The molecule has 1 aromatic heterocycles. The lowest BCUT2D eigenvalue weighted by Gasteiger charge is -2.23. The Labute approximate surface area is 229 Å². The number of sulfonamides is 1. The first-order chi connectivity index (χ1) is 18.1. The van der Waals surface area contributed by atoms with Gasteiger partial charge in [0.05, 0.1) is 4.90 Å². The molecule has 202 valence electrons. The first-order valence-corrected chi connectivity index (χ1v) is 15.3. The fourth-order valence-electron chi connectivity index (χ4n) is 5.19. The minimum atomic E-state index is -3.64. The van der Waals surface area contributed by atoms with Crippen molar-refractivity contribution in [2.45, 2.75) is 83.6 Å². The minimum absolute atomic E-state index is 0.119. The van der Waals surface area contributed by atoms with Crippen molar-refractivity contribution in [2.75, 3.05) is 6.54 Å². The maximum Gasteiger partial charge on any atom is 0.241 e. The number of rotatable bonds is 11. The summed E-state index contributed by atoms with van der Waals surface area (Å²) in [5, 5.41) is 1.24. The van der Waals surface area contributed by atoms with Gasteiger partial charge in [0.25, 0.3) is 0 Å². The molecule has 0 aliphatic carbocycles. The van der Waals surface area contributed by atoms with E-state index in [4.69, 9.17) is 0 Å². The van der Waals surface area contributed by atoms with E-state index >= 15 is 0 Å². The normalized spacial score (nSPS) is 12.3. The number of aryl methyl sites for hydroxylation is 1. The molecule has 4 rings (SSSR count). The summed E-state index contributed by atoms with van der Waals surface area (Å²) >= 11 is 0.